The summed E-state index contributed by atoms with van der Waals surface area (Å²) in [6.07, 6.45) is -3.18. The van der Waals surface area contributed by atoms with Gasteiger partial charge in [-0.15, -0.1) is 0 Å². The van der Waals surface area contributed by atoms with E-state index in [1.165, 1.54) is 10.9 Å². The number of rotatable bonds is 2. The SMILES string of the molecule is O=c1[nH]cnc2c1nc([Se])n2C1OC(CO)C(O)C1O. The molecule has 0 spiro atoms. The molecule has 1 radical (unpaired) electrons. The number of hydrogen-bond acceptors (Lipinski definition) is 7. The van der Waals surface area contributed by atoms with Gasteiger partial charge in [-0.25, -0.2) is 0 Å². The molecule has 2 aromatic rings. The molecule has 4 unspecified atom stereocenters. The van der Waals surface area contributed by atoms with E-state index in [0.29, 0.717) is 4.72 Å². The molecule has 0 saturated carbocycles. The molecule has 4 atom stereocenters. The molecule has 107 valence electrons. The average molecular weight is 346 g/mol. The Labute approximate surface area is 120 Å². The third kappa shape index (κ3) is 1.89. The van der Waals surface area contributed by atoms with Gasteiger partial charge in [0.05, 0.1) is 0 Å². The summed E-state index contributed by atoms with van der Waals surface area (Å²) in [6, 6.07) is 0. The summed E-state index contributed by atoms with van der Waals surface area (Å²) in [5, 5.41) is 28.9. The predicted molar refractivity (Wildman–Crippen MR) is 66.5 cm³/mol. The van der Waals surface area contributed by atoms with E-state index in [0.717, 1.165) is 0 Å². The average Bonchev–Trinajstić information content (AvgIpc) is 2.90. The Hall–Kier alpha value is -1.29. The Bertz CT molecular complexity index is 701. The number of nitrogens with zero attached hydrogens (tertiary/aromatic N) is 3. The Morgan fingerprint density at radius 1 is 1.45 bits per heavy atom. The standard InChI is InChI=1S/C10H11N4O5Se/c15-1-3-5(16)6(17)9(19-3)14-7-4(13-10(14)20)8(18)12-2-11-7/h2-3,5-6,9,15-17H,1H2,(H,11,12,18). The summed E-state index contributed by atoms with van der Waals surface area (Å²) >= 11 is 2.66. The number of fused-ring (bicyclic) bond motifs is 1. The number of imidazole rings is 1. The monoisotopic (exact) mass is 347 g/mol. The van der Waals surface area contributed by atoms with Gasteiger partial charge in [-0.05, 0) is 0 Å². The van der Waals surface area contributed by atoms with Crippen LogP contribution < -0.4 is 10.3 Å². The van der Waals surface area contributed by atoms with E-state index in [2.05, 4.69) is 31.0 Å². The van der Waals surface area contributed by atoms with E-state index in [4.69, 9.17) is 9.84 Å². The molecular formula is C10H11N4O5Se. The van der Waals surface area contributed by atoms with Gasteiger partial charge in [-0.3, -0.25) is 0 Å². The van der Waals surface area contributed by atoms with Gasteiger partial charge >= 0.3 is 119 Å². The molecule has 3 heterocycles. The van der Waals surface area contributed by atoms with Crippen LogP contribution in [0.3, 0.4) is 0 Å². The van der Waals surface area contributed by atoms with Crippen LogP contribution in [-0.4, -0.2) is 75.8 Å². The number of aromatic nitrogens is 4. The van der Waals surface area contributed by atoms with Crippen molar-refractivity contribution in [3.05, 3.63) is 16.7 Å². The molecule has 1 aliphatic heterocycles. The number of aromatic amines is 1. The molecule has 2 aromatic heterocycles. The van der Waals surface area contributed by atoms with Crippen LogP contribution in [0.5, 0.6) is 0 Å². The van der Waals surface area contributed by atoms with Crippen LogP contribution in [-0.2, 0) is 4.74 Å². The van der Waals surface area contributed by atoms with E-state index in [9.17, 15) is 15.0 Å². The van der Waals surface area contributed by atoms with Crippen LogP contribution in [0, 0.1) is 0 Å². The molecule has 20 heavy (non-hydrogen) atoms. The van der Waals surface area contributed by atoms with Crippen LogP contribution in [0.1, 0.15) is 6.23 Å². The van der Waals surface area contributed by atoms with Gasteiger partial charge in [-0.1, -0.05) is 0 Å². The van der Waals surface area contributed by atoms with E-state index in [-0.39, 0.29) is 11.2 Å². The van der Waals surface area contributed by atoms with Crippen molar-refractivity contribution in [2.45, 2.75) is 24.5 Å². The Kier molecular flexibility index (Phi) is 3.36. The summed E-state index contributed by atoms with van der Waals surface area (Å²) in [7, 11) is 0. The van der Waals surface area contributed by atoms with Gasteiger partial charge in [0.15, 0.2) is 0 Å². The fourth-order valence-corrected chi connectivity index (χ4v) is 2.81. The minimum absolute atomic E-state index is 0.0963. The molecule has 0 bridgehead atoms. The van der Waals surface area contributed by atoms with Crippen molar-refractivity contribution in [2.24, 2.45) is 0 Å². The number of hydrogen-bond donors (Lipinski definition) is 4. The first-order valence-corrected chi connectivity index (χ1v) is 6.65. The van der Waals surface area contributed by atoms with Crippen LogP contribution in [0.4, 0.5) is 0 Å². The molecule has 3 rings (SSSR count). The van der Waals surface area contributed by atoms with Crippen molar-refractivity contribution in [1.82, 2.24) is 19.5 Å². The first kappa shape index (κ1) is 13.7. The minimum atomic E-state index is -1.27. The Morgan fingerprint density at radius 2 is 2.20 bits per heavy atom. The van der Waals surface area contributed by atoms with Crippen molar-refractivity contribution >= 4 is 31.9 Å². The van der Waals surface area contributed by atoms with Gasteiger partial charge in [0.2, 0.25) is 0 Å². The van der Waals surface area contributed by atoms with Crippen molar-refractivity contribution in [2.75, 3.05) is 6.61 Å². The molecule has 1 aliphatic rings. The van der Waals surface area contributed by atoms with Gasteiger partial charge in [0, 0.05) is 0 Å². The topological polar surface area (TPSA) is 133 Å². The summed E-state index contributed by atoms with van der Waals surface area (Å²) in [5.74, 6) is 0. The van der Waals surface area contributed by atoms with Crippen molar-refractivity contribution in [1.29, 1.82) is 0 Å². The van der Waals surface area contributed by atoms with Crippen molar-refractivity contribution < 1.29 is 20.1 Å². The Balaban J connectivity index is 2.14. The van der Waals surface area contributed by atoms with E-state index in [1.54, 1.807) is 0 Å². The van der Waals surface area contributed by atoms with Crippen LogP contribution in [0.25, 0.3) is 11.2 Å². The Morgan fingerprint density at radius 3 is 2.85 bits per heavy atom. The molecule has 9 nitrogen and oxygen atoms in total. The number of H-pyrrole nitrogens is 1. The maximum atomic E-state index is 11.6. The van der Waals surface area contributed by atoms with Gasteiger partial charge in [0.1, 0.15) is 0 Å². The quantitative estimate of drug-likeness (QED) is 0.415. The first-order valence-electron chi connectivity index (χ1n) is 5.79. The molecular weight excluding hydrogens is 335 g/mol. The first-order chi connectivity index (χ1) is 9.54. The predicted octanol–water partition coefficient (Wildman–Crippen LogP) is -3.48. The second kappa shape index (κ2) is 4.92. The number of nitrogens with one attached hydrogen (secondary N) is 1. The molecule has 0 amide bonds. The summed E-state index contributed by atoms with van der Waals surface area (Å²) < 4.78 is 7.08. The molecule has 0 aromatic carbocycles. The summed E-state index contributed by atoms with van der Waals surface area (Å²) in [6.45, 7) is -0.432. The van der Waals surface area contributed by atoms with E-state index < -0.39 is 36.7 Å². The third-order valence-electron chi connectivity index (χ3n) is 3.22. The maximum absolute atomic E-state index is 11.6. The molecule has 4 N–H and O–H groups in total. The van der Waals surface area contributed by atoms with E-state index in [1.807, 2.05) is 0 Å². The van der Waals surface area contributed by atoms with Crippen LogP contribution in [0.15, 0.2) is 11.1 Å². The second-order valence-electron chi connectivity index (χ2n) is 4.40. The van der Waals surface area contributed by atoms with Gasteiger partial charge in [0.25, 0.3) is 0 Å². The molecule has 0 aliphatic carbocycles. The molecule has 10 heteroatoms. The normalized spacial score (nSPS) is 30.1. The number of aliphatic hydroxyl groups excluding tert-OH is 3. The summed E-state index contributed by atoms with van der Waals surface area (Å²) in [4.78, 5) is 22.1. The zero-order valence-corrected chi connectivity index (χ0v) is 11.7. The van der Waals surface area contributed by atoms with Crippen LogP contribution in [0.2, 0.25) is 0 Å². The van der Waals surface area contributed by atoms with Crippen LogP contribution >= 0.6 is 0 Å². The van der Waals surface area contributed by atoms with Crippen molar-refractivity contribution in [3.63, 3.8) is 0 Å². The zero-order valence-electron chi connectivity index (χ0n) is 10.0. The van der Waals surface area contributed by atoms with Gasteiger partial charge < -0.3 is 0 Å². The molecule has 1 saturated heterocycles. The molecule has 1 fully saturated rings. The third-order valence-corrected chi connectivity index (χ3v) is 3.83. The number of aliphatic hydroxyl groups is 3. The number of ether oxygens (including phenoxy) is 1. The second-order valence-corrected chi connectivity index (χ2v) is 5.16. The summed E-state index contributed by atoms with van der Waals surface area (Å²) in [5.41, 5.74) is -0.103. The zero-order chi connectivity index (χ0) is 14.4. The fraction of sp³-hybridized carbons (Fsp3) is 0.500. The fourth-order valence-electron chi connectivity index (χ4n) is 2.22. The van der Waals surface area contributed by atoms with Crippen molar-refractivity contribution in [3.8, 4) is 0 Å². The van der Waals surface area contributed by atoms with Gasteiger partial charge in [-0.2, -0.15) is 0 Å². The van der Waals surface area contributed by atoms with E-state index >= 15 is 0 Å².